The van der Waals surface area contributed by atoms with Crippen molar-refractivity contribution in [3.8, 4) is 0 Å². The van der Waals surface area contributed by atoms with E-state index in [9.17, 15) is 0 Å². The Labute approximate surface area is 154 Å². The van der Waals surface area contributed by atoms with Crippen molar-refractivity contribution in [2.24, 2.45) is 4.99 Å². The van der Waals surface area contributed by atoms with Gasteiger partial charge < -0.3 is 10.3 Å². The molecule has 0 atom stereocenters. The predicted octanol–water partition coefficient (Wildman–Crippen LogP) is 5.57. The third-order valence-electron chi connectivity index (χ3n) is 4.24. The molecule has 0 bridgehead atoms. The topological polar surface area (TPSA) is 40.2 Å². The molecule has 1 aromatic carbocycles. The van der Waals surface area contributed by atoms with Crippen LogP contribution in [0.2, 0.25) is 5.02 Å². The lowest BCUT2D eigenvalue weighted by Gasteiger charge is -2.06. The number of allylic oxidation sites excluding steroid dienone is 2. The zero-order valence-corrected chi connectivity index (χ0v) is 15.3. The largest absolute Gasteiger partial charge is 0.389 e. The molecule has 1 aliphatic rings. The highest BCUT2D eigenvalue weighted by Gasteiger charge is 2.17. The molecule has 3 nitrogen and oxygen atoms in total. The standard InChI is InChI=1S/C21H24ClN3/c1-2-3-4-5-12-23-15-21-18(16-8-10-17(22)11-9-16)14-20(25-21)19-7-6-13-24-19/h6-11,13-15,23-24H,2-5,12H2,1H3/b21-15-. The van der Waals surface area contributed by atoms with Crippen LogP contribution in [0.5, 0.6) is 0 Å². The molecule has 4 heteroatoms. The molecule has 2 aromatic rings. The molecule has 0 radical (unpaired) electrons. The van der Waals surface area contributed by atoms with E-state index in [1.165, 1.54) is 25.7 Å². The van der Waals surface area contributed by atoms with Crippen molar-refractivity contribution in [3.63, 3.8) is 0 Å². The van der Waals surface area contributed by atoms with Crippen LogP contribution >= 0.6 is 11.6 Å². The van der Waals surface area contributed by atoms with Crippen LogP contribution < -0.4 is 5.32 Å². The van der Waals surface area contributed by atoms with Gasteiger partial charge in [0.15, 0.2) is 0 Å². The van der Waals surface area contributed by atoms with Crippen molar-refractivity contribution in [1.29, 1.82) is 0 Å². The van der Waals surface area contributed by atoms with Crippen molar-refractivity contribution in [2.45, 2.75) is 32.6 Å². The Hall–Kier alpha value is -2.26. The molecular weight excluding hydrogens is 330 g/mol. The summed E-state index contributed by atoms with van der Waals surface area (Å²) in [7, 11) is 0. The number of aromatic amines is 1. The lowest BCUT2D eigenvalue weighted by Crippen LogP contribution is -2.08. The van der Waals surface area contributed by atoms with Gasteiger partial charge in [0.05, 0.1) is 17.1 Å². The average molecular weight is 354 g/mol. The summed E-state index contributed by atoms with van der Waals surface area (Å²) in [4.78, 5) is 8.03. The molecule has 1 aromatic heterocycles. The molecule has 130 valence electrons. The van der Waals surface area contributed by atoms with E-state index in [1.54, 1.807) is 0 Å². The SMILES string of the molecule is CCCCCCN/C=C1\N=C(c2ccc[nH]2)C=C1c1ccc(Cl)cc1. The van der Waals surface area contributed by atoms with E-state index in [1.807, 2.05) is 48.8 Å². The van der Waals surface area contributed by atoms with Gasteiger partial charge in [-0.3, -0.25) is 0 Å². The van der Waals surface area contributed by atoms with Crippen LogP contribution in [0.1, 0.15) is 43.9 Å². The van der Waals surface area contributed by atoms with Gasteiger partial charge in [-0.1, -0.05) is 49.9 Å². The third-order valence-corrected chi connectivity index (χ3v) is 4.49. The molecule has 0 aliphatic carbocycles. The molecule has 2 N–H and O–H groups in total. The predicted molar refractivity (Wildman–Crippen MR) is 107 cm³/mol. The van der Waals surface area contributed by atoms with Crippen LogP contribution in [0.4, 0.5) is 0 Å². The summed E-state index contributed by atoms with van der Waals surface area (Å²) in [6.07, 6.45) is 11.1. The van der Waals surface area contributed by atoms with Gasteiger partial charge in [0, 0.05) is 29.5 Å². The Kier molecular flexibility index (Phi) is 6.13. The van der Waals surface area contributed by atoms with E-state index >= 15 is 0 Å². The van der Waals surface area contributed by atoms with E-state index in [0.29, 0.717) is 0 Å². The molecule has 25 heavy (non-hydrogen) atoms. The average Bonchev–Trinajstić information content (AvgIpc) is 3.28. The molecule has 0 saturated carbocycles. The van der Waals surface area contributed by atoms with E-state index in [2.05, 4.69) is 23.3 Å². The van der Waals surface area contributed by atoms with Crippen LogP contribution in [0.3, 0.4) is 0 Å². The maximum atomic E-state index is 6.03. The zero-order chi connectivity index (χ0) is 17.5. The molecule has 3 rings (SSSR count). The van der Waals surface area contributed by atoms with Gasteiger partial charge in [0.25, 0.3) is 0 Å². The first-order chi connectivity index (χ1) is 12.3. The lowest BCUT2D eigenvalue weighted by molar-refractivity contribution is 0.645. The van der Waals surface area contributed by atoms with Gasteiger partial charge in [-0.05, 0) is 42.3 Å². The van der Waals surface area contributed by atoms with Crippen molar-refractivity contribution in [3.05, 3.63) is 76.8 Å². The maximum absolute atomic E-state index is 6.03. The van der Waals surface area contributed by atoms with Crippen molar-refractivity contribution >= 4 is 22.9 Å². The fraction of sp³-hybridized carbons (Fsp3) is 0.286. The Morgan fingerprint density at radius 2 is 1.96 bits per heavy atom. The summed E-state index contributed by atoms with van der Waals surface area (Å²) in [5, 5.41) is 4.16. The number of hydrogen-bond acceptors (Lipinski definition) is 2. The van der Waals surface area contributed by atoms with E-state index in [0.717, 1.165) is 39.8 Å². The number of benzene rings is 1. The smallest absolute Gasteiger partial charge is 0.0879 e. The third kappa shape index (κ3) is 4.64. The molecule has 1 aliphatic heterocycles. The maximum Gasteiger partial charge on any atom is 0.0879 e. The second-order valence-corrected chi connectivity index (χ2v) is 6.63. The van der Waals surface area contributed by atoms with Crippen molar-refractivity contribution in [2.75, 3.05) is 6.54 Å². The number of hydrogen-bond donors (Lipinski definition) is 2. The summed E-state index contributed by atoms with van der Waals surface area (Å²) in [5.41, 5.74) is 5.17. The highest BCUT2D eigenvalue weighted by atomic mass is 35.5. The summed E-state index contributed by atoms with van der Waals surface area (Å²) < 4.78 is 0. The van der Waals surface area contributed by atoms with Crippen LogP contribution in [-0.2, 0) is 0 Å². The quantitative estimate of drug-likeness (QED) is 0.599. The summed E-state index contributed by atoms with van der Waals surface area (Å²) in [5.74, 6) is 0. The minimum absolute atomic E-state index is 0.743. The van der Waals surface area contributed by atoms with Gasteiger partial charge in [0.2, 0.25) is 0 Å². The van der Waals surface area contributed by atoms with Crippen LogP contribution in [0, 0.1) is 0 Å². The summed E-state index contributed by atoms with van der Waals surface area (Å²) in [6, 6.07) is 11.9. The van der Waals surface area contributed by atoms with Crippen molar-refractivity contribution < 1.29 is 0 Å². The van der Waals surface area contributed by atoms with E-state index in [4.69, 9.17) is 16.6 Å². The fourth-order valence-electron chi connectivity index (χ4n) is 2.85. The van der Waals surface area contributed by atoms with E-state index in [-0.39, 0.29) is 0 Å². The molecule has 0 spiro atoms. The van der Waals surface area contributed by atoms with Gasteiger partial charge in [-0.15, -0.1) is 0 Å². The first kappa shape index (κ1) is 17.6. The Morgan fingerprint density at radius 3 is 2.68 bits per heavy atom. The van der Waals surface area contributed by atoms with Gasteiger partial charge in [0.1, 0.15) is 0 Å². The van der Waals surface area contributed by atoms with Gasteiger partial charge >= 0.3 is 0 Å². The number of H-pyrrole nitrogens is 1. The van der Waals surface area contributed by atoms with Gasteiger partial charge in [-0.2, -0.15) is 0 Å². The molecule has 0 fully saturated rings. The highest BCUT2D eigenvalue weighted by Crippen LogP contribution is 2.30. The number of nitrogens with zero attached hydrogens (tertiary/aromatic N) is 1. The number of rotatable bonds is 8. The normalized spacial score (nSPS) is 15.4. The van der Waals surface area contributed by atoms with Crippen molar-refractivity contribution in [1.82, 2.24) is 10.3 Å². The van der Waals surface area contributed by atoms with Crippen LogP contribution in [0.25, 0.3) is 5.57 Å². The second-order valence-electron chi connectivity index (χ2n) is 6.19. The Bertz CT molecular complexity index is 768. The molecule has 0 unspecified atom stereocenters. The summed E-state index contributed by atoms with van der Waals surface area (Å²) in [6.45, 7) is 3.21. The van der Waals surface area contributed by atoms with Crippen LogP contribution in [-0.4, -0.2) is 17.2 Å². The molecule has 2 heterocycles. The zero-order valence-electron chi connectivity index (χ0n) is 14.6. The number of aliphatic imine (C=N–C) groups is 1. The molecular formula is C21H24ClN3. The molecule has 0 saturated heterocycles. The minimum atomic E-state index is 0.743. The Balaban J connectivity index is 1.77. The summed E-state index contributed by atoms with van der Waals surface area (Å²) >= 11 is 6.03. The first-order valence-corrected chi connectivity index (χ1v) is 9.29. The molecule has 0 amide bonds. The Morgan fingerprint density at radius 1 is 1.12 bits per heavy atom. The second kappa shape index (κ2) is 8.72. The highest BCUT2D eigenvalue weighted by molar-refractivity contribution is 6.30. The fourth-order valence-corrected chi connectivity index (χ4v) is 2.98. The van der Waals surface area contributed by atoms with Crippen LogP contribution in [0.15, 0.2) is 65.6 Å². The number of unbranched alkanes of at least 4 members (excludes halogenated alkanes) is 3. The number of halogens is 1. The minimum Gasteiger partial charge on any atom is -0.389 e. The monoisotopic (exact) mass is 353 g/mol. The number of aromatic nitrogens is 1. The first-order valence-electron chi connectivity index (χ1n) is 8.92. The lowest BCUT2D eigenvalue weighted by atomic mass is 10.0. The van der Waals surface area contributed by atoms with E-state index < -0.39 is 0 Å². The van der Waals surface area contributed by atoms with Gasteiger partial charge in [-0.25, -0.2) is 4.99 Å². The number of nitrogens with one attached hydrogen (secondary N) is 2.